The fourth-order valence-electron chi connectivity index (χ4n) is 3.83. The quantitative estimate of drug-likeness (QED) is 0.212. The van der Waals surface area contributed by atoms with Crippen LogP contribution in [0.15, 0.2) is 11.0 Å². The van der Waals surface area contributed by atoms with Crippen LogP contribution in [-0.2, 0) is 31.8 Å². The highest BCUT2D eigenvalue weighted by Gasteiger charge is 2.36. The molecule has 10 heteroatoms. The fourth-order valence-corrected chi connectivity index (χ4v) is 5.68. The monoisotopic (exact) mass is 539 g/mol. The van der Waals surface area contributed by atoms with Crippen molar-refractivity contribution in [3.63, 3.8) is 0 Å². The molecule has 0 aliphatic carbocycles. The summed E-state index contributed by atoms with van der Waals surface area (Å²) in [5.41, 5.74) is 0.730. The Morgan fingerprint density at radius 2 is 1.75 bits per heavy atom. The van der Waals surface area contributed by atoms with Crippen molar-refractivity contribution < 1.29 is 18.7 Å². The smallest absolute Gasteiger partial charge is 0.308 e. The minimum absolute atomic E-state index is 0.117. The predicted octanol–water partition coefficient (Wildman–Crippen LogP) is 4.90. The minimum atomic E-state index is -1.80. The zero-order valence-electron chi connectivity index (χ0n) is 24.1. The van der Waals surface area contributed by atoms with Crippen LogP contribution in [0.3, 0.4) is 0 Å². The van der Waals surface area contributed by atoms with Crippen LogP contribution in [0.25, 0.3) is 0 Å². The average Bonchev–Trinajstić information content (AvgIpc) is 2.79. The molecule has 1 aromatic heterocycles. The van der Waals surface area contributed by atoms with E-state index in [1.165, 1.54) is 7.11 Å². The van der Waals surface area contributed by atoms with E-state index in [1.807, 2.05) is 11.1 Å². The molecule has 1 aromatic rings. The number of nitrogens with zero attached hydrogens (tertiary/aromatic N) is 3. The number of aryl methyl sites for hydroxylation is 1. The minimum Gasteiger partial charge on any atom is -0.469 e. The van der Waals surface area contributed by atoms with Crippen molar-refractivity contribution in [2.75, 3.05) is 38.3 Å². The standard InChI is InChI=1S/C26H49N3O5Si2/c1-26(2,3)36(8,9)34-16-10-11-22-19-29(20-33-17-18-35(5,6)7)24(30)23(27-22)28-14-12-21(13-15-28)25(31)32-4/h19,21H,10-18,20H2,1-9H3. The van der Waals surface area contributed by atoms with Crippen LogP contribution >= 0.6 is 0 Å². The lowest BCUT2D eigenvalue weighted by atomic mass is 9.97. The van der Waals surface area contributed by atoms with Crippen LogP contribution in [0.1, 0.15) is 45.7 Å². The van der Waals surface area contributed by atoms with Crippen LogP contribution in [-0.4, -0.2) is 65.3 Å². The van der Waals surface area contributed by atoms with Gasteiger partial charge in [0.15, 0.2) is 14.1 Å². The first kappa shape index (κ1) is 30.7. The van der Waals surface area contributed by atoms with Crippen LogP contribution in [0, 0.1) is 5.92 Å². The van der Waals surface area contributed by atoms with Crippen molar-refractivity contribution in [2.24, 2.45) is 5.92 Å². The van der Waals surface area contributed by atoms with Crippen LogP contribution in [0.4, 0.5) is 5.82 Å². The summed E-state index contributed by atoms with van der Waals surface area (Å²) in [4.78, 5) is 32.1. The number of hydrogen-bond donors (Lipinski definition) is 0. The summed E-state index contributed by atoms with van der Waals surface area (Å²) in [6.07, 6.45) is 4.73. The molecular weight excluding hydrogens is 490 g/mol. The highest BCUT2D eigenvalue weighted by Crippen LogP contribution is 2.36. The van der Waals surface area contributed by atoms with Crippen molar-refractivity contribution in [3.05, 3.63) is 22.2 Å². The molecule has 0 saturated carbocycles. The molecule has 2 heterocycles. The number of carbonyl (C=O) groups is 1. The molecule has 1 aliphatic heterocycles. The maximum absolute atomic E-state index is 13.3. The topological polar surface area (TPSA) is 82.9 Å². The molecule has 8 nitrogen and oxygen atoms in total. The Morgan fingerprint density at radius 1 is 1.11 bits per heavy atom. The van der Waals surface area contributed by atoms with Crippen molar-refractivity contribution in [2.45, 2.75) is 97.0 Å². The second-order valence-corrected chi connectivity index (χ2v) is 23.1. The summed E-state index contributed by atoms with van der Waals surface area (Å²) in [5, 5.41) is 0.176. The van der Waals surface area contributed by atoms with Gasteiger partial charge in [0.2, 0.25) is 0 Å². The average molecular weight is 540 g/mol. The number of carbonyl (C=O) groups excluding carboxylic acids is 1. The van der Waals surface area contributed by atoms with Gasteiger partial charge in [0.1, 0.15) is 6.73 Å². The molecule has 1 saturated heterocycles. The van der Waals surface area contributed by atoms with Crippen LogP contribution in [0.2, 0.25) is 43.8 Å². The fraction of sp³-hybridized carbons (Fsp3) is 0.808. The number of rotatable bonds is 12. The third-order valence-electron chi connectivity index (χ3n) is 7.41. The first-order valence-corrected chi connectivity index (χ1v) is 19.9. The zero-order valence-corrected chi connectivity index (χ0v) is 26.1. The number of aromatic nitrogens is 2. The van der Waals surface area contributed by atoms with Crippen molar-refractivity contribution in [1.29, 1.82) is 0 Å². The lowest BCUT2D eigenvalue weighted by Crippen LogP contribution is -2.41. The van der Waals surface area contributed by atoms with Gasteiger partial charge in [-0.3, -0.25) is 14.2 Å². The summed E-state index contributed by atoms with van der Waals surface area (Å²) >= 11 is 0. The van der Waals surface area contributed by atoms with Gasteiger partial charge in [0, 0.05) is 40.6 Å². The first-order valence-electron chi connectivity index (χ1n) is 13.3. The second kappa shape index (κ2) is 12.8. The first-order chi connectivity index (χ1) is 16.6. The summed E-state index contributed by atoms with van der Waals surface area (Å²) < 4.78 is 18.8. The van der Waals surface area contributed by atoms with Crippen LogP contribution < -0.4 is 10.5 Å². The van der Waals surface area contributed by atoms with Gasteiger partial charge in [0.05, 0.1) is 18.7 Å². The summed E-state index contributed by atoms with van der Waals surface area (Å²) in [7, 11) is -1.58. The second-order valence-electron chi connectivity index (χ2n) is 12.7. The summed E-state index contributed by atoms with van der Waals surface area (Å²) in [6.45, 7) is 21.0. The van der Waals surface area contributed by atoms with Gasteiger partial charge >= 0.3 is 5.97 Å². The number of methoxy groups -OCH3 is 1. The van der Waals surface area contributed by atoms with E-state index in [9.17, 15) is 9.59 Å². The Balaban J connectivity index is 2.14. The number of anilines is 1. The third-order valence-corrected chi connectivity index (χ3v) is 13.7. The number of esters is 1. The molecule has 36 heavy (non-hydrogen) atoms. The summed E-state index contributed by atoms with van der Waals surface area (Å²) in [6, 6.07) is 1.05. The maximum Gasteiger partial charge on any atom is 0.308 e. The molecule has 0 spiro atoms. The molecule has 2 rings (SSSR count). The molecular formula is C26H49N3O5Si2. The van der Waals surface area contributed by atoms with E-state index >= 15 is 0 Å². The van der Waals surface area contributed by atoms with Crippen molar-refractivity contribution in [1.82, 2.24) is 9.55 Å². The normalized spacial score (nSPS) is 15.9. The number of ether oxygens (including phenoxy) is 2. The lowest BCUT2D eigenvalue weighted by molar-refractivity contribution is -0.146. The van der Waals surface area contributed by atoms with E-state index in [0.29, 0.717) is 45.0 Å². The number of hydrogen-bond acceptors (Lipinski definition) is 7. The van der Waals surface area contributed by atoms with Gasteiger partial charge in [0.25, 0.3) is 5.56 Å². The molecule has 0 atom stereocenters. The van der Waals surface area contributed by atoms with Gasteiger partial charge in [-0.25, -0.2) is 4.98 Å². The molecule has 0 N–H and O–H groups in total. The molecule has 0 amide bonds. The van der Waals surface area contributed by atoms with Gasteiger partial charge in [-0.15, -0.1) is 0 Å². The molecule has 1 fully saturated rings. The Morgan fingerprint density at radius 3 is 2.31 bits per heavy atom. The van der Waals surface area contributed by atoms with Gasteiger partial charge < -0.3 is 18.8 Å². The van der Waals surface area contributed by atoms with E-state index in [2.05, 4.69) is 53.5 Å². The van der Waals surface area contributed by atoms with E-state index in [1.54, 1.807) is 4.57 Å². The van der Waals surface area contributed by atoms with E-state index < -0.39 is 16.4 Å². The molecule has 0 aromatic carbocycles. The largest absolute Gasteiger partial charge is 0.469 e. The molecule has 206 valence electrons. The summed E-state index contributed by atoms with van der Waals surface area (Å²) in [5.74, 6) is 0.162. The van der Waals surface area contributed by atoms with Gasteiger partial charge in [-0.1, -0.05) is 40.4 Å². The third kappa shape index (κ3) is 9.11. The van der Waals surface area contributed by atoms with Gasteiger partial charge in [-0.05, 0) is 49.9 Å². The molecule has 1 aliphatic rings. The van der Waals surface area contributed by atoms with E-state index in [-0.39, 0.29) is 29.2 Å². The molecule has 0 bridgehead atoms. The van der Waals surface area contributed by atoms with Gasteiger partial charge in [-0.2, -0.15) is 0 Å². The molecule has 0 radical (unpaired) electrons. The van der Waals surface area contributed by atoms with Crippen molar-refractivity contribution >= 4 is 28.2 Å². The van der Waals surface area contributed by atoms with E-state index in [4.69, 9.17) is 18.9 Å². The predicted molar refractivity (Wildman–Crippen MR) is 151 cm³/mol. The lowest BCUT2D eigenvalue weighted by Gasteiger charge is -2.36. The highest BCUT2D eigenvalue weighted by molar-refractivity contribution is 6.76. The van der Waals surface area contributed by atoms with E-state index in [0.717, 1.165) is 24.6 Å². The molecule has 0 unspecified atom stereocenters. The Labute approximate surface area is 219 Å². The highest BCUT2D eigenvalue weighted by atomic mass is 28.4. The Hall–Kier alpha value is -1.50. The Kier molecular flexibility index (Phi) is 11.0. The van der Waals surface area contributed by atoms with Crippen molar-refractivity contribution in [3.8, 4) is 0 Å². The maximum atomic E-state index is 13.3. The zero-order chi connectivity index (χ0) is 27.1. The SMILES string of the molecule is COC(=O)C1CCN(c2nc(CCCO[Si](C)(C)C(C)(C)C)cn(COCC[Si](C)(C)C)c2=O)CC1. The Bertz CT molecular complexity index is 914. The van der Waals surface area contributed by atoms with Crippen LogP contribution in [0.5, 0.6) is 0 Å². The number of piperidine rings is 1.